The van der Waals surface area contributed by atoms with Crippen molar-refractivity contribution in [2.24, 2.45) is 0 Å². The third kappa shape index (κ3) is 4.08. The molecule has 0 radical (unpaired) electrons. The van der Waals surface area contributed by atoms with E-state index < -0.39 is 14.9 Å². The summed E-state index contributed by atoms with van der Waals surface area (Å²) in [5.41, 5.74) is 0.986. The number of nitrogens with zero attached hydrogens (tertiary/aromatic N) is 1. The number of anilines is 1. The molecule has 0 unspecified atom stereocenters. The molecule has 0 aliphatic carbocycles. The first-order chi connectivity index (χ1) is 11.8. The highest BCUT2D eigenvalue weighted by Crippen LogP contribution is 2.32. The molecule has 1 atom stereocenters. The van der Waals surface area contributed by atoms with Crippen molar-refractivity contribution in [3.63, 3.8) is 0 Å². The molecule has 0 spiro atoms. The fourth-order valence-corrected chi connectivity index (χ4v) is 3.71. The van der Waals surface area contributed by atoms with E-state index in [0.717, 1.165) is 18.1 Å². The molecule has 0 bridgehead atoms. The van der Waals surface area contributed by atoms with Gasteiger partial charge in [-0.2, -0.15) is 0 Å². The van der Waals surface area contributed by atoms with E-state index in [-0.39, 0.29) is 22.3 Å². The Morgan fingerprint density at radius 3 is 2.52 bits per heavy atom. The average Bonchev–Trinajstić information content (AvgIpc) is 2.60. The van der Waals surface area contributed by atoms with Crippen molar-refractivity contribution in [2.45, 2.75) is 31.1 Å². The number of hydrogen-bond donors (Lipinski definition) is 1. The molecule has 1 N–H and O–H groups in total. The Labute approximate surface area is 146 Å². The van der Waals surface area contributed by atoms with Gasteiger partial charge in [0, 0.05) is 12.1 Å². The van der Waals surface area contributed by atoms with Crippen LogP contribution in [-0.4, -0.2) is 20.5 Å². The second-order valence-corrected chi connectivity index (χ2v) is 7.25. The summed E-state index contributed by atoms with van der Waals surface area (Å²) in [6.45, 7) is 4.01. The fraction of sp³-hybridized carbons (Fsp3) is 0.294. The third-order valence-corrected chi connectivity index (χ3v) is 5.38. The van der Waals surface area contributed by atoms with Crippen LogP contribution in [0.2, 0.25) is 0 Å². The van der Waals surface area contributed by atoms with Crippen molar-refractivity contribution in [2.75, 3.05) is 11.8 Å². The highest BCUT2D eigenvalue weighted by molar-refractivity contribution is 7.92. The van der Waals surface area contributed by atoms with Gasteiger partial charge in [-0.1, -0.05) is 32.0 Å². The molecule has 8 heteroatoms. The lowest BCUT2D eigenvalue weighted by Crippen LogP contribution is -2.16. The van der Waals surface area contributed by atoms with Crippen LogP contribution in [0.15, 0.2) is 47.4 Å². The predicted molar refractivity (Wildman–Crippen MR) is 95.6 cm³/mol. The van der Waals surface area contributed by atoms with Gasteiger partial charge in [-0.25, -0.2) is 8.42 Å². The van der Waals surface area contributed by atoms with Crippen LogP contribution in [0.5, 0.6) is 5.75 Å². The maximum absolute atomic E-state index is 12.8. The molecule has 0 aliphatic heterocycles. The number of ether oxygens (including phenoxy) is 1. The van der Waals surface area contributed by atoms with Gasteiger partial charge in [0.05, 0.1) is 17.7 Å². The van der Waals surface area contributed by atoms with E-state index >= 15 is 0 Å². The zero-order valence-electron chi connectivity index (χ0n) is 14.2. The monoisotopic (exact) mass is 364 g/mol. The Bertz CT molecular complexity index is 880. The first kappa shape index (κ1) is 18.7. The van der Waals surface area contributed by atoms with Crippen LogP contribution >= 0.6 is 0 Å². The van der Waals surface area contributed by atoms with Crippen LogP contribution in [0, 0.1) is 10.1 Å². The van der Waals surface area contributed by atoms with Crippen molar-refractivity contribution in [3.05, 3.63) is 58.1 Å². The lowest BCUT2D eigenvalue weighted by Gasteiger charge is -2.17. The normalized spacial score (nSPS) is 12.4. The van der Waals surface area contributed by atoms with E-state index in [0.29, 0.717) is 5.69 Å². The molecule has 25 heavy (non-hydrogen) atoms. The van der Waals surface area contributed by atoms with Crippen LogP contribution < -0.4 is 9.46 Å². The molecule has 7 nitrogen and oxygen atoms in total. The standard InChI is InChI=1S/C17H20N2O5S/c1-4-12(2)14-7-5-6-8-15(14)18-25(22,23)17-11-13(19(20)21)9-10-16(17)24-3/h5-12,18H,4H2,1-3H3/t12-/m0/s1. The first-order valence-electron chi connectivity index (χ1n) is 7.74. The minimum Gasteiger partial charge on any atom is -0.495 e. The summed E-state index contributed by atoms with van der Waals surface area (Å²) in [6.07, 6.45) is 0.846. The summed E-state index contributed by atoms with van der Waals surface area (Å²) in [5, 5.41) is 11.0. The summed E-state index contributed by atoms with van der Waals surface area (Å²) >= 11 is 0. The number of sulfonamides is 1. The molecule has 0 fully saturated rings. The zero-order chi connectivity index (χ0) is 18.6. The van der Waals surface area contributed by atoms with Gasteiger partial charge in [0.15, 0.2) is 0 Å². The van der Waals surface area contributed by atoms with Gasteiger partial charge in [0.2, 0.25) is 0 Å². The van der Waals surface area contributed by atoms with Crippen LogP contribution in [0.4, 0.5) is 11.4 Å². The molecule has 0 amide bonds. The smallest absolute Gasteiger partial charge is 0.271 e. The molecule has 0 aromatic heterocycles. The van der Waals surface area contributed by atoms with Gasteiger partial charge >= 0.3 is 0 Å². The molecular formula is C17H20N2O5S. The van der Waals surface area contributed by atoms with E-state index in [9.17, 15) is 18.5 Å². The fourth-order valence-electron chi connectivity index (χ4n) is 2.43. The predicted octanol–water partition coefficient (Wildman–Crippen LogP) is 3.92. The van der Waals surface area contributed by atoms with Gasteiger partial charge in [-0.15, -0.1) is 0 Å². The largest absolute Gasteiger partial charge is 0.495 e. The van der Waals surface area contributed by atoms with E-state index in [1.807, 2.05) is 26.0 Å². The van der Waals surface area contributed by atoms with E-state index in [1.54, 1.807) is 12.1 Å². The summed E-state index contributed by atoms with van der Waals surface area (Å²) in [6, 6.07) is 10.6. The Hall–Kier alpha value is -2.61. The van der Waals surface area contributed by atoms with Crippen molar-refractivity contribution in [3.8, 4) is 5.75 Å². The van der Waals surface area contributed by atoms with Crippen molar-refractivity contribution < 1.29 is 18.1 Å². The second-order valence-electron chi connectivity index (χ2n) is 5.59. The van der Waals surface area contributed by atoms with Gasteiger partial charge < -0.3 is 4.74 Å². The van der Waals surface area contributed by atoms with Crippen molar-refractivity contribution in [1.82, 2.24) is 0 Å². The molecule has 2 aromatic rings. The Kier molecular flexibility index (Phi) is 5.63. The second kappa shape index (κ2) is 7.52. The lowest BCUT2D eigenvalue weighted by molar-refractivity contribution is -0.385. The minimum absolute atomic E-state index is 0.0409. The van der Waals surface area contributed by atoms with Crippen LogP contribution in [-0.2, 0) is 10.0 Å². The van der Waals surface area contributed by atoms with Gasteiger partial charge in [0.1, 0.15) is 10.6 Å². The number of hydrogen-bond acceptors (Lipinski definition) is 5. The van der Waals surface area contributed by atoms with Crippen LogP contribution in [0.1, 0.15) is 31.7 Å². The topological polar surface area (TPSA) is 98.5 Å². The van der Waals surface area contributed by atoms with Crippen molar-refractivity contribution >= 4 is 21.4 Å². The molecule has 0 saturated carbocycles. The highest BCUT2D eigenvalue weighted by Gasteiger charge is 2.24. The number of para-hydroxylation sites is 1. The van der Waals surface area contributed by atoms with Gasteiger partial charge in [-0.3, -0.25) is 14.8 Å². The molecule has 134 valence electrons. The average molecular weight is 364 g/mol. The molecule has 2 rings (SSSR count). The lowest BCUT2D eigenvalue weighted by atomic mass is 9.97. The highest BCUT2D eigenvalue weighted by atomic mass is 32.2. The van der Waals surface area contributed by atoms with Crippen LogP contribution in [0.3, 0.4) is 0 Å². The van der Waals surface area contributed by atoms with Gasteiger partial charge in [-0.05, 0) is 30.0 Å². The van der Waals surface area contributed by atoms with Crippen molar-refractivity contribution in [1.29, 1.82) is 0 Å². The number of nitrogens with one attached hydrogen (secondary N) is 1. The number of methoxy groups -OCH3 is 1. The number of rotatable bonds is 7. The van der Waals surface area contributed by atoms with E-state index in [1.165, 1.54) is 19.2 Å². The van der Waals surface area contributed by atoms with E-state index in [4.69, 9.17) is 4.74 Å². The molecular weight excluding hydrogens is 344 g/mol. The Morgan fingerprint density at radius 1 is 1.24 bits per heavy atom. The van der Waals surface area contributed by atoms with E-state index in [2.05, 4.69) is 4.72 Å². The molecule has 0 aliphatic rings. The quantitative estimate of drug-likeness (QED) is 0.593. The number of benzene rings is 2. The Balaban J connectivity index is 2.51. The Morgan fingerprint density at radius 2 is 1.92 bits per heavy atom. The molecule has 2 aromatic carbocycles. The maximum atomic E-state index is 12.8. The van der Waals surface area contributed by atoms with Crippen LogP contribution in [0.25, 0.3) is 0 Å². The maximum Gasteiger partial charge on any atom is 0.271 e. The summed E-state index contributed by atoms with van der Waals surface area (Å²) in [7, 11) is -2.74. The third-order valence-electron chi connectivity index (χ3n) is 4.00. The molecule has 0 saturated heterocycles. The van der Waals surface area contributed by atoms with Gasteiger partial charge in [0.25, 0.3) is 15.7 Å². The summed E-state index contributed by atoms with van der Waals surface area (Å²) in [4.78, 5) is 10.0. The number of nitro benzene ring substituents is 1. The first-order valence-corrected chi connectivity index (χ1v) is 9.22. The number of nitro groups is 1. The summed E-state index contributed by atoms with van der Waals surface area (Å²) < 4.78 is 33.2. The molecule has 0 heterocycles. The minimum atomic E-state index is -4.06. The number of non-ortho nitro benzene ring substituents is 1. The zero-order valence-corrected chi connectivity index (χ0v) is 15.0. The summed E-state index contributed by atoms with van der Waals surface area (Å²) in [5.74, 6) is 0.199. The SMILES string of the molecule is CC[C@H](C)c1ccccc1NS(=O)(=O)c1cc([N+](=O)[O-])ccc1OC.